The third kappa shape index (κ3) is 4.63. The van der Waals surface area contributed by atoms with E-state index in [-0.39, 0.29) is 0 Å². The lowest BCUT2D eigenvalue weighted by Gasteiger charge is -2.22. The SMILES string of the molecule is CCN(CC)C(=C\c1ccccc1)/C=C/c1ccc(C)cc1. The first-order valence-corrected chi connectivity index (χ1v) is 7.99. The summed E-state index contributed by atoms with van der Waals surface area (Å²) in [6.07, 6.45) is 6.65. The van der Waals surface area contributed by atoms with E-state index in [1.165, 1.54) is 22.4 Å². The van der Waals surface area contributed by atoms with Crippen LogP contribution in [0, 0.1) is 6.92 Å². The summed E-state index contributed by atoms with van der Waals surface area (Å²) >= 11 is 0. The molecule has 22 heavy (non-hydrogen) atoms. The summed E-state index contributed by atoms with van der Waals surface area (Å²) in [6, 6.07) is 19.1. The van der Waals surface area contributed by atoms with Crippen LogP contribution in [0.5, 0.6) is 0 Å². The van der Waals surface area contributed by atoms with Crippen LogP contribution in [0.3, 0.4) is 0 Å². The van der Waals surface area contributed by atoms with Crippen molar-refractivity contribution in [2.45, 2.75) is 20.8 Å². The minimum absolute atomic E-state index is 1.01. The second-order valence-electron chi connectivity index (χ2n) is 5.40. The first-order valence-electron chi connectivity index (χ1n) is 7.99. The molecule has 0 bridgehead atoms. The zero-order valence-electron chi connectivity index (χ0n) is 13.8. The minimum atomic E-state index is 1.01. The van der Waals surface area contributed by atoms with Gasteiger partial charge in [-0.25, -0.2) is 0 Å². The molecule has 0 aliphatic carbocycles. The largest absolute Gasteiger partial charge is 0.372 e. The molecule has 2 aromatic carbocycles. The van der Waals surface area contributed by atoms with Crippen molar-refractivity contribution in [3.63, 3.8) is 0 Å². The fourth-order valence-corrected chi connectivity index (χ4v) is 2.41. The zero-order chi connectivity index (χ0) is 15.8. The smallest absolute Gasteiger partial charge is 0.0372 e. The van der Waals surface area contributed by atoms with Gasteiger partial charge in [-0.1, -0.05) is 66.2 Å². The molecule has 0 aliphatic rings. The molecule has 0 unspecified atom stereocenters. The molecule has 0 aliphatic heterocycles. The van der Waals surface area contributed by atoms with E-state index in [2.05, 4.69) is 98.5 Å². The zero-order valence-corrected chi connectivity index (χ0v) is 13.8. The third-order valence-corrected chi connectivity index (χ3v) is 3.77. The number of hydrogen-bond donors (Lipinski definition) is 0. The molecule has 0 atom stereocenters. The maximum atomic E-state index is 2.37. The van der Waals surface area contributed by atoms with E-state index in [1.54, 1.807) is 0 Å². The van der Waals surface area contributed by atoms with E-state index < -0.39 is 0 Å². The maximum absolute atomic E-state index is 2.37. The minimum Gasteiger partial charge on any atom is -0.372 e. The maximum Gasteiger partial charge on any atom is 0.0372 e. The van der Waals surface area contributed by atoms with Gasteiger partial charge in [0.2, 0.25) is 0 Å². The first-order chi connectivity index (χ1) is 10.7. The van der Waals surface area contributed by atoms with Gasteiger partial charge >= 0.3 is 0 Å². The van der Waals surface area contributed by atoms with Gasteiger partial charge in [0.05, 0.1) is 0 Å². The fraction of sp³-hybridized carbons (Fsp3) is 0.238. The molecule has 1 heteroatoms. The van der Waals surface area contributed by atoms with E-state index in [4.69, 9.17) is 0 Å². The second-order valence-corrected chi connectivity index (χ2v) is 5.40. The van der Waals surface area contributed by atoms with Crippen molar-refractivity contribution < 1.29 is 0 Å². The Kier molecular flexibility index (Phi) is 6.02. The molecule has 2 aromatic rings. The summed E-state index contributed by atoms with van der Waals surface area (Å²) < 4.78 is 0. The summed E-state index contributed by atoms with van der Waals surface area (Å²) in [5, 5.41) is 0. The normalized spacial score (nSPS) is 11.9. The molecule has 0 aromatic heterocycles. The Balaban J connectivity index is 2.28. The van der Waals surface area contributed by atoms with E-state index >= 15 is 0 Å². The number of nitrogens with zero attached hydrogens (tertiary/aromatic N) is 1. The predicted octanol–water partition coefficient (Wildman–Crippen LogP) is 5.39. The molecule has 0 spiro atoms. The van der Waals surface area contributed by atoms with Gasteiger partial charge in [0.1, 0.15) is 0 Å². The summed E-state index contributed by atoms with van der Waals surface area (Å²) in [5.74, 6) is 0. The highest BCUT2D eigenvalue weighted by atomic mass is 15.1. The van der Waals surface area contributed by atoms with Crippen LogP contribution in [0.4, 0.5) is 0 Å². The van der Waals surface area contributed by atoms with Gasteiger partial charge < -0.3 is 4.90 Å². The summed E-state index contributed by atoms with van der Waals surface area (Å²) in [7, 11) is 0. The van der Waals surface area contributed by atoms with E-state index in [0.29, 0.717) is 0 Å². The van der Waals surface area contributed by atoms with Gasteiger partial charge in [-0.3, -0.25) is 0 Å². The number of likely N-dealkylation sites (N-methyl/N-ethyl adjacent to an activating group) is 1. The highest BCUT2D eigenvalue weighted by Crippen LogP contribution is 2.15. The molecule has 2 rings (SSSR count). The van der Waals surface area contributed by atoms with Crippen molar-refractivity contribution in [2.75, 3.05) is 13.1 Å². The average Bonchev–Trinajstić information content (AvgIpc) is 2.56. The Hall–Kier alpha value is -2.28. The van der Waals surface area contributed by atoms with Crippen molar-refractivity contribution >= 4 is 12.2 Å². The fourth-order valence-electron chi connectivity index (χ4n) is 2.41. The lowest BCUT2D eigenvalue weighted by Crippen LogP contribution is -2.20. The molecule has 0 heterocycles. The third-order valence-electron chi connectivity index (χ3n) is 3.77. The van der Waals surface area contributed by atoms with Crippen molar-refractivity contribution in [3.8, 4) is 0 Å². The topological polar surface area (TPSA) is 3.24 Å². The molecule has 114 valence electrons. The number of hydrogen-bond acceptors (Lipinski definition) is 1. The van der Waals surface area contributed by atoms with E-state index in [9.17, 15) is 0 Å². The van der Waals surface area contributed by atoms with Gasteiger partial charge in [0.15, 0.2) is 0 Å². The van der Waals surface area contributed by atoms with Crippen molar-refractivity contribution in [3.05, 3.63) is 83.1 Å². The van der Waals surface area contributed by atoms with Crippen LogP contribution >= 0.6 is 0 Å². The Morgan fingerprint density at radius 2 is 1.50 bits per heavy atom. The van der Waals surface area contributed by atoms with Crippen LogP contribution < -0.4 is 0 Å². The van der Waals surface area contributed by atoms with Gasteiger partial charge in [0, 0.05) is 18.8 Å². The first kappa shape index (κ1) is 16.1. The molecule has 0 fully saturated rings. The summed E-state index contributed by atoms with van der Waals surface area (Å²) in [4.78, 5) is 2.37. The van der Waals surface area contributed by atoms with Gasteiger partial charge in [0.25, 0.3) is 0 Å². The highest BCUT2D eigenvalue weighted by molar-refractivity contribution is 5.61. The predicted molar refractivity (Wildman–Crippen MR) is 97.6 cm³/mol. The van der Waals surface area contributed by atoms with Crippen molar-refractivity contribution in [1.29, 1.82) is 0 Å². The second kappa shape index (κ2) is 8.23. The molecule has 0 saturated carbocycles. The van der Waals surface area contributed by atoms with Crippen LogP contribution in [-0.4, -0.2) is 18.0 Å². The van der Waals surface area contributed by atoms with Crippen molar-refractivity contribution in [2.24, 2.45) is 0 Å². The van der Waals surface area contributed by atoms with Gasteiger partial charge in [-0.05, 0) is 44.1 Å². The van der Waals surface area contributed by atoms with Gasteiger partial charge in [-0.15, -0.1) is 0 Å². The average molecular weight is 291 g/mol. The molecule has 1 nitrogen and oxygen atoms in total. The molecule has 0 amide bonds. The lowest BCUT2D eigenvalue weighted by molar-refractivity contribution is 0.398. The molecule has 0 N–H and O–H groups in total. The molecule has 0 saturated heterocycles. The monoisotopic (exact) mass is 291 g/mol. The lowest BCUT2D eigenvalue weighted by atomic mass is 10.1. The molecular weight excluding hydrogens is 266 g/mol. The Bertz CT molecular complexity index is 617. The Morgan fingerprint density at radius 3 is 2.09 bits per heavy atom. The molecule has 0 radical (unpaired) electrons. The van der Waals surface area contributed by atoms with Crippen LogP contribution in [0.15, 0.2) is 66.4 Å². The summed E-state index contributed by atoms with van der Waals surface area (Å²) in [6.45, 7) is 8.52. The molecular formula is C21H25N. The Morgan fingerprint density at radius 1 is 0.864 bits per heavy atom. The Labute approximate surface area is 134 Å². The number of allylic oxidation sites excluding steroid dienone is 1. The summed E-state index contributed by atoms with van der Waals surface area (Å²) in [5.41, 5.74) is 5.01. The van der Waals surface area contributed by atoms with Crippen LogP contribution in [-0.2, 0) is 0 Å². The van der Waals surface area contributed by atoms with Crippen LogP contribution in [0.1, 0.15) is 30.5 Å². The number of benzene rings is 2. The van der Waals surface area contributed by atoms with E-state index in [0.717, 1.165) is 13.1 Å². The standard InChI is InChI=1S/C21H25N/c1-4-22(5-2)21(17-20-9-7-6-8-10-20)16-15-19-13-11-18(3)12-14-19/h6-17H,4-5H2,1-3H3/b16-15+,21-17-. The van der Waals surface area contributed by atoms with Gasteiger partial charge in [-0.2, -0.15) is 0 Å². The van der Waals surface area contributed by atoms with Crippen molar-refractivity contribution in [1.82, 2.24) is 4.90 Å². The number of aryl methyl sites for hydroxylation is 1. The number of rotatable bonds is 6. The quantitative estimate of drug-likeness (QED) is 0.645. The van der Waals surface area contributed by atoms with Crippen LogP contribution in [0.25, 0.3) is 12.2 Å². The van der Waals surface area contributed by atoms with E-state index in [1.807, 2.05) is 0 Å². The highest BCUT2D eigenvalue weighted by Gasteiger charge is 2.02. The van der Waals surface area contributed by atoms with Crippen LogP contribution in [0.2, 0.25) is 0 Å².